The zero-order valence-corrected chi connectivity index (χ0v) is 21.1. The van der Waals surface area contributed by atoms with Crippen molar-refractivity contribution in [3.05, 3.63) is 77.1 Å². The van der Waals surface area contributed by atoms with E-state index in [4.69, 9.17) is 9.47 Å². The molecule has 1 aliphatic rings. The molecule has 0 fully saturated rings. The summed E-state index contributed by atoms with van der Waals surface area (Å²) in [6, 6.07) is 7.28. The van der Waals surface area contributed by atoms with Crippen LogP contribution >= 0.6 is 0 Å². The van der Waals surface area contributed by atoms with Crippen molar-refractivity contribution in [1.82, 2.24) is 14.3 Å². The summed E-state index contributed by atoms with van der Waals surface area (Å²) in [6.45, 7) is 5.73. The molecule has 3 rings (SSSR count). The molecular formula is C25H33N3O5S. The fraction of sp³-hybridized carbons (Fsp3) is 0.440. The van der Waals surface area contributed by atoms with E-state index in [1.807, 2.05) is 31.2 Å². The van der Waals surface area contributed by atoms with Gasteiger partial charge in [0.1, 0.15) is 17.1 Å². The van der Waals surface area contributed by atoms with Gasteiger partial charge in [-0.15, -0.1) is 0 Å². The van der Waals surface area contributed by atoms with Gasteiger partial charge in [0, 0.05) is 31.9 Å². The lowest BCUT2D eigenvalue weighted by atomic mass is 9.92. The molecule has 9 heteroatoms. The second kappa shape index (κ2) is 11.1. The molecule has 1 aliphatic carbocycles. The van der Waals surface area contributed by atoms with Crippen molar-refractivity contribution in [1.29, 1.82) is 0 Å². The molecule has 0 saturated carbocycles. The number of rotatable bonds is 10. The van der Waals surface area contributed by atoms with Crippen LogP contribution in [0.1, 0.15) is 43.3 Å². The summed E-state index contributed by atoms with van der Waals surface area (Å²) in [5.41, 5.74) is 2.62. The van der Waals surface area contributed by atoms with Gasteiger partial charge in [-0.2, -0.15) is 4.31 Å². The van der Waals surface area contributed by atoms with Crippen LogP contribution in [0.15, 0.2) is 60.1 Å². The van der Waals surface area contributed by atoms with E-state index in [0.29, 0.717) is 12.2 Å². The van der Waals surface area contributed by atoms with Crippen LogP contribution in [0.5, 0.6) is 5.75 Å². The van der Waals surface area contributed by atoms with Crippen molar-refractivity contribution in [3.8, 4) is 5.75 Å². The van der Waals surface area contributed by atoms with E-state index < -0.39 is 21.4 Å². The maximum absolute atomic E-state index is 13.8. The predicted molar refractivity (Wildman–Crippen MR) is 130 cm³/mol. The van der Waals surface area contributed by atoms with Crippen molar-refractivity contribution in [3.63, 3.8) is 0 Å². The molecule has 34 heavy (non-hydrogen) atoms. The summed E-state index contributed by atoms with van der Waals surface area (Å²) in [4.78, 5) is 8.26. The van der Waals surface area contributed by atoms with Crippen LogP contribution in [0, 0.1) is 12.8 Å². The third-order valence-corrected chi connectivity index (χ3v) is 8.28. The molecule has 1 heterocycles. The van der Waals surface area contributed by atoms with Crippen molar-refractivity contribution < 1.29 is 23.0 Å². The molecule has 0 aliphatic heterocycles. The molecule has 184 valence electrons. The lowest BCUT2D eigenvalue weighted by molar-refractivity contribution is 0.163. The highest BCUT2D eigenvalue weighted by Gasteiger charge is 2.37. The number of methoxy groups -OCH3 is 2. The number of aromatic nitrogens is 2. The number of sulfonamides is 1. The molecule has 8 nitrogen and oxygen atoms in total. The number of nitrogens with zero attached hydrogens (tertiary/aromatic N) is 3. The van der Waals surface area contributed by atoms with Gasteiger partial charge in [0.05, 0.1) is 20.0 Å². The summed E-state index contributed by atoms with van der Waals surface area (Å²) in [5.74, 6) is 1.76. The summed E-state index contributed by atoms with van der Waals surface area (Å²) in [5, 5.41) is 9.69. The van der Waals surface area contributed by atoms with E-state index in [9.17, 15) is 13.5 Å². The van der Waals surface area contributed by atoms with Crippen molar-refractivity contribution in [2.45, 2.75) is 45.1 Å². The molecular weight excluding hydrogens is 454 g/mol. The Morgan fingerprint density at radius 1 is 1.09 bits per heavy atom. The van der Waals surface area contributed by atoms with Gasteiger partial charge in [-0.1, -0.05) is 30.7 Å². The fourth-order valence-electron chi connectivity index (χ4n) is 3.76. The smallest absolute Gasteiger partial charge is 0.220 e. The zero-order valence-electron chi connectivity index (χ0n) is 20.3. The Labute approximate surface area is 202 Å². The lowest BCUT2D eigenvalue weighted by Gasteiger charge is -2.31. The number of ether oxygens (including phenoxy) is 2. The maximum atomic E-state index is 13.8. The molecule has 1 unspecified atom stereocenters. The normalized spacial score (nSPS) is 18.1. The van der Waals surface area contributed by atoms with Crippen molar-refractivity contribution >= 4 is 10.0 Å². The van der Waals surface area contributed by atoms with Crippen molar-refractivity contribution in [2.75, 3.05) is 20.8 Å². The molecule has 1 aromatic carbocycles. The molecule has 1 aromatic heterocycles. The van der Waals surface area contributed by atoms with E-state index in [0.717, 1.165) is 22.5 Å². The second-order valence-electron chi connectivity index (χ2n) is 8.61. The maximum Gasteiger partial charge on any atom is 0.220 e. The number of aliphatic hydroxyl groups is 1. The van der Waals surface area contributed by atoms with Crippen LogP contribution in [0.2, 0.25) is 0 Å². The van der Waals surface area contributed by atoms with Crippen LogP contribution in [0.3, 0.4) is 0 Å². The fourth-order valence-corrected chi connectivity index (χ4v) is 5.34. The van der Waals surface area contributed by atoms with Gasteiger partial charge >= 0.3 is 0 Å². The van der Waals surface area contributed by atoms with Crippen LogP contribution < -0.4 is 4.74 Å². The van der Waals surface area contributed by atoms with Gasteiger partial charge in [-0.3, -0.25) is 0 Å². The molecule has 0 bridgehead atoms. The monoisotopic (exact) mass is 487 g/mol. The van der Waals surface area contributed by atoms with Gasteiger partial charge in [-0.05, 0) is 49.1 Å². The Morgan fingerprint density at radius 2 is 1.74 bits per heavy atom. The molecule has 0 saturated heterocycles. The highest BCUT2D eigenvalue weighted by molar-refractivity contribution is 7.89. The van der Waals surface area contributed by atoms with Crippen LogP contribution in [0.25, 0.3) is 0 Å². The number of hydrogen-bond donors (Lipinski definition) is 1. The molecule has 0 spiro atoms. The number of aryl methyl sites for hydroxylation is 1. The first-order valence-corrected chi connectivity index (χ1v) is 12.7. The minimum atomic E-state index is -3.94. The molecule has 0 amide bonds. The van der Waals surface area contributed by atoms with Gasteiger partial charge in [0.15, 0.2) is 5.82 Å². The molecule has 0 radical (unpaired) electrons. The van der Waals surface area contributed by atoms with Gasteiger partial charge in [0.25, 0.3) is 0 Å². The number of allylic oxidation sites excluding steroid dienone is 3. The third kappa shape index (κ3) is 6.02. The van der Waals surface area contributed by atoms with Gasteiger partial charge in [-0.25, -0.2) is 18.4 Å². The Hall–Kier alpha value is -2.75. The Kier molecular flexibility index (Phi) is 8.46. The van der Waals surface area contributed by atoms with E-state index in [2.05, 4.69) is 16.9 Å². The summed E-state index contributed by atoms with van der Waals surface area (Å²) < 4.78 is 39.5. The average Bonchev–Trinajstić information content (AvgIpc) is 2.84. The van der Waals surface area contributed by atoms with Crippen molar-refractivity contribution in [2.24, 2.45) is 5.92 Å². The highest BCUT2D eigenvalue weighted by Crippen LogP contribution is 2.30. The first kappa shape index (κ1) is 25.9. The molecule has 1 N–H and O–H groups in total. The lowest BCUT2D eigenvalue weighted by Crippen LogP contribution is -2.41. The SMILES string of the molecule is COC1=CC=C(CN(Cc2ccc(OC)cc2)S(=O)(=O)[C@@H](C)[C@H](O)c2ncc(C)cn2)C(C)C1. The number of aliphatic hydroxyl groups excluding tert-OH is 1. The zero-order chi connectivity index (χ0) is 24.9. The number of hydrogen-bond acceptors (Lipinski definition) is 7. The van der Waals surface area contributed by atoms with Crippen LogP contribution in [-0.4, -0.2) is 53.8 Å². The standard InChI is InChI=1S/C25H33N3O5S/c1-17-13-26-25(27-14-17)24(29)19(3)34(30,31)28(15-20-6-9-22(32-4)10-7-20)16-21-8-11-23(33-5)12-18(21)2/h6-11,13-14,18-19,24,29H,12,15-16H2,1-5H3/t18?,19-,24-/m0/s1. The largest absolute Gasteiger partial charge is 0.501 e. The minimum absolute atomic E-state index is 0.0870. The summed E-state index contributed by atoms with van der Waals surface area (Å²) >= 11 is 0. The number of benzene rings is 1. The van der Waals surface area contributed by atoms with Gasteiger partial charge in [0.2, 0.25) is 10.0 Å². The Balaban J connectivity index is 1.92. The second-order valence-corrected chi connectivity index (χ2v) is 10.9. The van der Waals surface area contributed by atoms with E-state index >= 15 is 0 Å². The summed E-state index contributed by atoms with van der Waals surface area (Å²) in [6.07, 6.45) is 6.28. The Morgan fingerprint density at radius 3 is 2.29 bits per heavy atom. The van der Waals surface area contributed by atoms with E-state index in [1.54, 1.807) is 38.7 Å². The average molecular weight is 488 g/mol. The first-order valence-electron chi connectivity index (χ1n) is 11.2. The van der Waals surface area contributed by atoms with E-state index in [-0.39, 0.29) is 24.8 Å². The van der Waals surface area contributed by atoms with Crippen LogP contribution in [0.4, 0.5) is 0 Å². The molecule has 2 aromatic rings. The minimum Gasteiger partial charge on any atom is -0.501 e. The van der Waals surface area contributed by atoms with E-state index in [1.165, 1.54) is 11.2 Å². The molecule has 3 atom stereocenters. The highest BCUT2D eigenvalue weighted by atomic mass is 32.2. The van der Waals surface area contributed by atoms with Crippen LogP contribution in [-0.2, 0) is 21.3 Å². The predicted octanol–water partition coefficient (Wildman–Crippen LogP) is 3.54. The summed E-state index contributed by atoms with van der Waals surface area (Å²) in [7, 11) is -0.718. The third-order valence-electron chi connectivity index (χ3n) is 6.10. The van der Waals surface area contributed by atoms with Gasteiger partial charge < -0.3 is 14.6 Å². The first-order chi connectivity index (χ1) is 16.1. The quantitative estimate of drug-likeness (QED) is 0.547. The topological polar surface area (TPSA) is 102 Å². The Bertz CT molecular complexity index is 1130.